The lowest BCUT2D eigenvalue weighted by Gasteiger charge is -2.33. The van der Waals surface area contributed by atoms with Crippen LogP contribution >= 0.6 is 24.0 Å². The van der Waals surface area contributed by atoms with Crippen LogP contribution in [0.2, 0.25) is 0 Å². The maximum atomic E-state index is 12.2. The van der Waals surface area contributed by atoms with Crippen LogP contribution in [0.25, 0.3) is 0 Å². The zero-order chi connectivity index (χ0) is 20.4. The van der Waals surface area contributed by atoms with E-state index in [0.717, 1.165) is 63.6 Å². The highest BCUT2D eigenvalue weighted by Crippen LogP contribution is 2.19. The molecule has 7 nitrogen and oxygen atoms in total. The molecule has 8 heteroatoms. The second-order valence-corrected chi connectivity index (χ2v) is 8.13. The molecule has 0 aromatic carbocycles. The average Bonchev–Trinajstić information content (AvgIpc) is 2.66. The fourth-order valence-corrected chi connectivity index (χ4v) is 3.04. The third kappa shape index (κ3) is 10.1. The number of carbonyl (C=O) groups is 1. The molecule has 1 saturated heterocycles. The number of pyridine rings is 1. The number of nitrogens with one attached hydrogen (secondary N) is 2. The molecular weight excluding hydrogens is 481 g/mol. The SMILES string of the molecule is CCNC(=NCC1CCN(C(=O)OC(C)(C)C)CC1)NCCc1ccccn1.I. The molecule has 0 aliphatic carbocycles. The monoisotopic (exact) mass is 517 g/mol. The van der Waals surface area contributed by atoms with E-state index in [1.807, 2.05) is 50.1 Å². The number of ether oxygens (including phenoxy) is 1. The van der Waals surface area contributed by atoms with Crippen LogP contribution in [0.4, 0.5) is 4.79 Å². The predicted molar refractivity (Wildman–Crippen MR) is 128 cm³/mol. The van der Waals surface area contributed by atoms with Crippen LogP contribution in [0.5, 0.6) is 0 Å². The van der Waals surface area contributed by atoms with E-state index in [9.17, 15) is 4.79 Å². The Hall–Kier alpha value is -1.58. The minimum Gasteiger partial charge on any atom is -0.444 e. The lowest BCUT2D eigenvalue weighted by atomic mass is 9.97. The van der Waals surface area contributed by atoms with Crippen molar-refractivity contribution >= 4 is 36.0 Å². The van der Waals surface area contributed by atoms with Gasteiger partial charge in [0.1, 0.15) is 5.60 Å². The maximum absolute atomic E-state index is 12.2. The van der Waals surface area contributed by atoms with Gasteiger partial charge in [0, 0.05) is 51.0 Å². The third-order valence-electron chi connectivity index (χ3n) is 4.52. The van der Waals surface area contributed by atoms with Crippen LogP contribution in [0.3, 0.4) is 0 Å². The fourth-order valence-electron chi connectivity index (χ4n) is 3.04. The molecule has 0 spiro atoms. The first-order chi connectivity index (χ1) is 13.4. The number of halogens is 1. The molecule has 2 N–H and O–H groups in total. The Kier molecular flexibility index (Phi) is 11.3. The van der Waals surface area contributed by atoms with E-state index in [1.165, 1.54) is 0 Å². The number of piperidine rings is 1. The number of carbonyl (C=O) groups excluding carboxylic acids is 1. The van der Waals surface area contributed by atoms with Crippen molar-refractivity contribution < 1.29 is 9.53 Å². The summed E-state index contributed by atoms with van der Waals surface area (Å²) in [6.45, 7) is 11.6. The summed E-state index contributed by atoms with van der Waals surface area (Å²) in [6, 6.07) is 5.96. The molecule has 1 aliphatic rings. The van der Waals surface area contributed by atoms with Gasteiger partial charge in [0.05, 0.1) is 0 Å². The number of nitrogens with zero attached hydrogens (tertiary/aromatic N) is 3. The van der Waals surface area contributed by atoms with Crippen LogP contribution in [-0.2, 0) is 11.2 Å². The first-order valence-corrected chi connectivity index (χ1v) is 10.3. The summed E-state index contributed by atoms with van der Waals surface area (Å²) in [4.78, 5) is 23.0. The molecule has 164 valence electrons. The predicted octanol–water partition coefficient (Wildman–Crippen LogP) is 3.44. The Morgan fingerprint density at radius 1 is 1.28 bits per heavy atom. The van der Waals surface area contributed by atoms with E-state index in [-0.39, 0.29) is 30.1 Å². The molecule has 1 aromatic heterocycles. The lowest BCUT2D eigenvalue weighted by Crippen LogP contribution is -2.42. The Balaban J connectivity index is 0.00000420. The van der Waals surface area contributed by atoms with Gasteiger partial charge in [-0.2, -0.15) is 0 Å². The van der Waals surface area contributed by atoms with Gasteiger partial charge in [-0.05, 0) is 58.6 Å². The van der Waals surface area contributed by atoms with Crippen molar-refractivity contribution in [1.82, 2.24) is 20.5 Å². The summed E-state index contributed by atoms with van der Waals surface area (Å²) in [5.74, 6) is 1.33. The highest BCUT2D eigenvalue weighted by molar-refractivity contribution is 14.0. The number of aliphatic imine (C=N–C) groups is 1. The number of amides is 1. The molecule has 1 amide bonds. The molecule has 0 radical (unpaired) electrons. The largest absolute Gasteiger partial charge is 0.444 e. The van der Waals surface area contributed by atoms with Gasteiger partial charge >= 0.3 is 6.09 Å². The second-order valence-electron chi connectivity index (χ2n) is 8.13. The first kappa shape index (κ1) is 25.5. The van der Waals surface area contributed by atoms with E-state index in [2.05, 4.69) is 22.5 Å². The number of likely N-dealkylation sites (tertiary alicyclic amines) is 1. The third-order valence-corrected chi connectivity index (χ3v) is 4.52. The van der Waals surface area contributed by atoms with Crippen LogP contribution in [-0.4, -0.2) is 60.3 Å². The minimum absolute atomic E-state index is 0. The topological polar surface area (TPSA) is 78.9 Å². The van der Waals surface area contributed by atoms with Gasteiger partial charge in [-0.1, -0.05) is 6.07 Å². The van der Waals surface area contributed by atoms with Gasteiger partial charge in [0.25, 0.3) is 0 Å². The van der Waals surface area contributed by atoms with Gasteiger partial charge < -0.3 is 20.3 Å². The van der Waals surface area contributed by atoms with E-state index >= 15 is 0 Å². The van der Waals surface area contributed by atoms with Crippen molar-refractivity contribution in [2.24, 2.45) is 10.9 Å². The molecule has 1 aromatic rings. The molecular formula is C21H36IN5O2. The van der Waals surface area contributed by atoms with Gasteiger partial charge in [-0.3, -0.25) is 9.98 Å². The summed E-state index contributed by atoms with van der Waals surface area (Å²) in [5.41, 5.74) is 0.625. The summed E-state index contributed by atoms with van der Waals surface area (Å²) >= 11 is 0. The van der Waals surface area contributed by atoms with Gasteiger partial charge in [0.2, 0.25) is 0 Å². The molecule has 0 saturated carbocycles. The summed E-state index contributed by atoms with van der Waals surface area (Å²) in [5, 5.41) is 6.67. The number of aromatic nitrogens is 1. The van der Waals surface area contributed by atoms with Crippen molar-refractivity contribution in [1.29, 1.82) is 0 Å². The molecule has 0 unspecified atom stereocenters. The van der Waals surface area contributed by atoms with Gasteiger partial charge in [-0.15, -0.1) is 24.0 Å². The molecule has 2 heterocycles. The zero-order valence-electron chi connectivity index (χ0n) is 18.1. The normalized spacial score (nSPS) is 15.4. The fraction of sp³-hybridized carbons (Fsp3) is 0.667. The van der Waals surface area contributed by atoms with E-state index in [0.29, 0.717) is 5.92 Å². The smallest absolute Gasteiger partial charge is 0.410 e. The zero-order valence-corrected chi connectivity index (χ0v) is 20.4. The van der Waals surface area contributed by atoms with Gasteiger partial charge in [0.15, 0.2) is 5.96 Å². The number of guanidine groups is 1. The van der Waals surface area contributed by atoms with E-state index in [4.69, 9.17) is 9.73 Å². The Labute approximate surface area is 192 Å². The van der Waals surface area contributed by atoms with Crippen molar-refractivity contribution in [2.45, 2.75) is 52.6 Å². The molecule has 0 bridgehead atoms. The Bertz CT molecular complexity index is 626. The summed E-state index contributed by atoms with van der Waals surface area (Å²) < 4.78 is 5.46. The molecule has 29 heavy (non-hydrogen) atoms. The molecule has 0 atom stereocenters. The van der Waals surface area contributed by atoms with E-state index in [1.54, 1.807) is 0 Å². The Morgan fingerprint density at radius 2 is 2.00 bits per heavy atom. The summed E-state index contributed by atoms with van der Waals surface area (Å²) in [6.07, 6.45) is 4.38. The number of hydrogen-bond acceptors (Lipinski definition) is 4. The Morgan fingerprint density at radius 3 is 2.59 bits per heavy atom. The summed E-state index contributed by atoms with van der Waals surface area (Å²) in [7, 11) is 0. The van der Waals surface area contributed by atoms with Crippen LogP contribution in [0.15, 0.2) is 29.4 Å². The van der Waals surface area contributed by atoms with Crippen molar-refractivity contribution in [3.63, 3.8) is 0 Å². The maximum Gasteiger partial charge on any atom is 0.410 e. The first-order valence-electron chi connectivity index (χ1n) is 10.3. The van der Waals surface area contributed by atoms with Crippen LogP contribution < -0.4 is 10.6 Å². The van der Waals surface area contributed by atoms with Crippen molar-refractivity contribution in [3.8, 4) is 0 Å². The lowest BCUT2D eigenvalue weighted by molar-refractivity contribution is 0.0187. The van der Waals surface area contributed by atoms with Gasteiger partial charge in [-0.25, -0.2) is 4.79 Å². The van der Waals surface area contributed by atoms with Crippen LogP contribution in [0, 0.1) is 5.92 Å². The van der Waals surface area contributed by atoms with Crippen LogP contribution in [0.1, 0.15) is 46.2 Å². The second kappa shape index (κ2) is 12.9. The average molecular weight is 517 g/mol. The molecule has 2 rings (SSSR count). The highest BCUT2D eigenvalue weighted by Gasteiger charge is 2.26. The quantitative estimate of drug-likeness (QED) is 0.344. The molecule has 1 aliphatic heterocycles. The standard InChI is InChI=1S/C21H35N5O2.HI/c1-5-22-19(24-13-9-18-8-6-7-12-23-18)25-16-17-10-14-26(15-11-17)20(27)28-21(2,3)4;/h6-8,12,17H,5,9-11,13-16H2,1-4H3,(H2,22,24,25);1H. The van der Waals surface area contributed by atoms with Crippen molar-refractivity contribution in [3.05, 3.63) is 30.1 Å². The number of rotatable bonds is 6. The molecule has 1 fully saturated rings. The van der Waals surface area contributed by atoms with E-state index < -0.39 is 5.60 Å². The minimum atomic E-state index is -0.445. The highest BCUT2D eigenvalue weighted by atomic mass is 127. The number of hydrogen-bond donors (Lipinski definition) is 2. The van der Waals surface area contributed by atoms with Crippen molar-refractivity contribution in [2.75, 3.05) is 32.7 Å².